The van der Waals surface area contributed by atoms with E-state index in [9.17, 15) is 23.3 Å². The van der Waals surface area contributed by atoms with E-state index in [4.69, 9.17) is 0 Å². The average molecular weight is 478 g/mol. The van der Waals surface area contributed by atoms with Gasteiger partial charge in [-0.3, -0.25) is 14.9 Å². The Labute approximate surface area is 187 Å². The molecule has 162 valence electrons. The third-order valence-electron chi connectivity index (χ3n) is 4.37. The highest BCUT2D eigenvalue weighted by Gasteiger charge is 2.20. The summed E-state index contributed by atoms with van der Waals surface area (Å²) in [6.45, 7) is 3.59. The number of rotatable bonds is 7. The number of nitro groups is 1. The van der Waals surface area contributed by atoms with E-state index in [0.717, 1.165) is 11.9 Å². The normalized spacial score (nSPS) is 12.4. The molecule has 1 aromatic heterocycles. The van der Waals surface area contributed by atoms with Gasteiger partial charge < -0.3 is 5.32 Å². The first-order valence-corrected chi connectivity index (χ1v) is 12.6. The van der Waals surface area contributed by atoms with Gasteiger partial charge in [-0.05, 0) is 43.7 Å². The molecule has 8 nitrogen and oxygen atoms in total. The molecule has 1 unspecified atom stereocenters. The number of nitrogens with one attached hydrogen (secondary N) is 1. The second-order valence-corrected chi connectivity index (χ2v) is 11.0. The van der Waals surface area contributed by atoms with Crippen molar-refractivity contribution < 1.29 is 18.1 Å². The zero-order chi connectivity index (χ0) is 22.8. The summed E-state index contributed by atoms with van der Waals surface area (Å²) in [7, 11) is -3.31. The van der Waals surface area contributed by atoms with Crippen LogP contribution in [-0.4, -0.2) is 30.5 Å². The number of amides is 1. The minimum atomic E-state index is -3.31. The first-order valence-electron chi connectivity index (χ1n) is 9.04. The van der Waals surface area contributed by atoms with Gasteiger partial charge in [0.1, 0.15) is 0 Å². The molecule has 0 radical (unpaired) electrons. The van der Waals surface area contributed by atoms with Crippen LogP contribution in [0.3, 0.4) is 0 Å². The molecule has 0 fully saturated rings. The molecular formula is C20H19N3O5S3. The lowest BCUT2D eigenvalue weighted by Gasteiger charge is -2.15. The number of sulfone groups is 1. The van der Waals surface area contributed by atoms with Crippen molar-refractivity contribution in [3.8, 4) is 0 Å². The molecule has 0 spiro atoms. The molecule has 3 aromatic rings. The standard InChI is InChI=1S/C20H19N3O5S3/c1-12-11-29-20(21-12)30-18-9-6-15(10-17(18)23(25)26)19(24)22-13(2)14-4-7-16(8-5-14)31(3,27)28/h4-11,13H,1-3H3,(H,22,24). The number of carbonyl (C=O) groups excluding carboxylic acids is 1. The van der Waals surface area contributed by atoms with Crippen LogP contribution >= 0.6 is 23.1 Å². The second-order valence-electron chi connectivity index (χ2n) is 6.83. The first kappa shape index (κ1) is 22.9. The van der Waals surface area contributed by atoms with Gasteiger partial charge in [-0.1, -0.05) is 23.9 Å². The highest BCUT2D eigenvalue weighted by Crippen LogP contribution is 2.36. The lowest BCUT2D eigenvalue weighted by molar-refractivity contribution is -0.387. The SMILES string of the molecule is Cc1csc(Sc2ccc(C(=O)NC(C)c3ccc(S(C)(=O)=O)cc3)cc2[N+](=O)[O-])n1. The topological polar surface area (TPSA) is 119 Å². The third-order valence-corrected chi connectivity index (χ3v) is 7.62. The Kier molecular flexibility index (Phi) is 6.77. The lowest BCUT2D eigenvalue weighted by atomic mass is 10.1. The van der Waals surface area contributed by atoms with Crippen LogP contribution in [0.15, 0.2) is 62.0 Å². The molecule has 1 amide bonds. The summed E-state index contributed by atoms with van der Waals surface area (Å²) in [6.07, 6.45) is 1.12. The summed E-state index contributed by atoms with van der Waals surface area (Å²) >= 11 is 2.58. The summed E-state index contributed by atoms with van der Waals surface area (Å²) < 4.78 is 23.8. The average Bonchev–Trinajstić information content (AvgIpc) is 3.12. The van der Waals surface area contributed by atoms with Gasteiger partial charge in [0.15, 0.2) is 14.2 Å². The molecule has 0 saturated carbocycles. The first-order chi connectivity index (χ1) is 14.5. The fourth-order valence-corrected chi connectivity index (χ4v) is 5.24. The number of carbonyl (C=O) groups is 1. The molecule has 0 aliphatic heterocycles. The quantitative estimate of drug-likeness (QED) is 0.395. The third kappa shape index (κ3) is 5.69. The zero-order valence-electron chi connectivity index (χ0n) is 16.9. The molecule has 0 aliphatic rings. The van der Waals surface area contributed by atoms with E-state index in [0.29, 0.717) is 14.8 Å². The van der Waals surface area contributed by atoms with Crippen LogP contribution in [0.5, 0.6) is 0 Å². The molecule has 2 aromatic carbocycles. The highest BCUT2D eigenvalue weighted by molar-refractivity contribution is 8.01. The molecule has 3 rings (SSSR count). The van der Waals surface area contributed by atoms with Gasteiger partial charge in [-0.2, -0.15) is 0 Å². The molecule has 31 heavy (non-hydrogen) atoms. The van der Waals surface area contributed by atoms with Crippen molar-refractivity contribution in [1.82, 2.24) is 10.3 Å². The van der Waals surface area contributed by atoms with E-state index in [2.05, 4.69) is 10.3 Å². The Morgan fingerprint density at radius 2 is 1.90 bits per heavy atom. The van der Waals surface area contributed by atoms with Crippen LogP contribution in [0, 0.1) is 17.0 Å². The van der Waals surface area contributed by atoms with E-state index < -0.39 is 26.7 Å². The number of benzene rings is 2. The van der Waals surface area contributed by atoms with Crippen molar-refractivity contribution in [2.24, 2.45) is 0 Å². The molecule has 1 N–H and O–H groups in total. The van der Waals surface area contributed by atoms with Crippen molar-refractivity contribution in [2.45, 2.75) is 34.0 Å². The van der Waals surface area contributed by atoms with Gasteiger partial charge in [0, 0.05) is 29.0 Å². The Hall–Kier alpha value is -2.76. The zero-order valence-corrected chi connectivity index (χ0v) is 19.3. The van der Waals surface area contributed by atoms with Crippen molar-refractivity contribution in [1.29, 1.82) is 0 Å². The predicted molar refractivity (Wildman–Crippen MR) is 120 cm³/mol. The molecular weight excluding hydrogens is 458 g/mol. The van der Waals surface area contributed by atoms with Crippen molar-refractivity contribution in [2.75, 3.05) is 6.26 Å². The van der Waals surface area contributed by atoms with Crippen molar-refractivity contribution >= 4 is 44.5 Å². The van der Waals surface area contributed by atoms with Crippen LogP contribution in [0.2, 0.25) is 0 Å². The number of aryl methyl sites for hydroxylation is 1. The predicted octanol–water partition coefficient (Wildman–Crippen LogP) is 4.41. The fraction of sp³-hybridized carbons (Fsp3) is 0.200. The van der Waals surface area contributed by atoms with Gasteiger partial charge in [0.25, 0.3) is 11.6 Å². The summed E-state index contributed by atoms with van der Waals surface area (Å²) in [5, 5.41) is 16.2. The number of nitro benzene ring substituents is 1. The molecule has 1 heterocycles. The number of nitrogens with zero attached hydrogens (tertiary/aromatic N) is 2. The summed E-state index contributed by atoms with van der Waals surface area (Å²) in [4.78, 5) is 28.6. The lowest BCUT2D eigenvalue weighted by Crippen LogP contribution is -2.26. The van der Waals surface area contributed by atoms with Crippen LogP contribution in [0.4, 0.5) is 5.69 Å². The molecule has 11 heteroatoms. The monoisotopic (exact) mass is 477 g/mol. The molecule has 1 atom stereocenters. The smallest absolute Gasteiger partial charge is 0.284 e. The minimum absolute atomic E-state index is 0.158. The van der Waals surface area contributed by atoms with Crippen LogP contribution in [0.1, 0.15) is 34.6 Å². The van der Waals surface area contributed by atoms with E-state index in [-0.39, 0.29) is 16.1 Å². The van der Waals surface area contributed by atoms with Crippen LogP contribution < -0.4 is 5.32 Å². The maximum Gasteiger partial charge on any atom is 0.284 e. The highest BCUT2D eigenvalue weighted by atomic mass is 32.2. The van der Waals surface area contributed by atoms with Gasteiger partial charge in [-0.25, -0.2) is 13.4 Å². The van der Waals surface area contributed by atoms with Gasteiger partial charge in [0.05, 0.1) is 20.8 Å². The van der Waals surface area contributed by atoms with E-state index in [1.54, 1.807) is 25.1 Å². The Morgan fingerprint density at radius 3 is 2.45 bits per heavy atom. The maximum atomic E-state index is 12.7. The van der Waals surface area contributed by atoms with E-state index >= 15 is 0 Å². The molecule has 0 bridgehead atoms. The maximum absolute atomic E-state index is 12.7. The Bertz CT molecular complexity index is 1240. The summed E-state index contributed by atoms with van der Waals surface area (Å²) in [5.41, 5.74) is 1.54. The summed E-state index contributed by atoms with van der Waals surface area (Å²) in [5.74, 6) is -0.468. The van der Waals surface area contributed by atoms with Gasteiger partial charge in [-0.15, -0.1) is 11.3 Å². The van der Waals surface area contributed by atoms with Crippen molar-refractivity contribution in [3.63, 3.8) is 0 Å². The Balaban J connectivity index is 1.77. The van der Waals surface area contributed by atoms with E-state index in [1.807, 2.05) is 12.3 Å². The molecule has 0 saturated heterocycles. The van der Waals surface area contributed by atoms with Crippen LogP contribution in [-0.2, 0) is 9.84 Å². The van der Waals surface area contributed by atoms with Gasteiger partial charge >= 0.3 is 0 Å². The number of hydrogen-bond donors (Lipinski definition) is 1. The number of aromatic nitrogens is 1. The van der Waals surface area contributed by atoms with E-state index in [1.165, 1.54) is 47.4 Å². The second kappa shape index (κ2) is 9.16. The van der Waals surface area contributed by atoms with Crippen LogP contribution in [0.25, 0.3) is 0 Å². The number of thiazole rings is 1. The number of hydrogen-bond acceptors (Lipinski definition) is 8. The van der Waals surface area contributed by atoms with Gasteiger partial charge in [0.2, 0.25) is 0 Å². The molecule has 0 aliphatic carbocycles. The fourth-order valence-electron chi connectivity index (χ4n) is 2.73. The summed E-state index contributed by atoms with van der Waals surface area (Å²) in [6, 6.07) is 10.1. The Morgan fingerprint density at radius 1 is 1.23 bits per heavy atom. The van der Waals surface area contributed by atoms with Crippen molar-refractivity contribution in [3.05, 3.63) is 74.8 Å². The largest absolute Gasteiger partial charge is 0.346 e. The minimum Gasteiger partial charge on any atom is -0.346 e.